The van der Waals surface area contributed by atoms with E-state index >= 15 is 0 Å². The summed E-state index contributed by atoms with van der Waals surface area (Å²) in [7, 11) is 0. The summed E-state index contributed by atoms with van der Waals surface area (Å²) in [6.07, 6.45) is 8.00. The molecule has 5 rings (SSSR count). The Morgan fingerprint density at radius 1 is 1.08 bits per heavy atom. The quantitative estimate of drug-likeness (QED) is 0.323. The van der Waals surface area contributed by atoms with Crippen molar-refractivity contribution < 1.29 is 0 Å². The zero-order chi connectivity index (χ0) is 25.1. The van der Waals surface area contributed by atoms with Gasteiger partial charge in [-0.2, -0.15) is 10.3 Å². The lowest BCUT2D eigenvalue weighted by Crippen LogP contribution is -2.26. The fraction of sp³-hybridized carbons (Fsp3) is 0.280. The number of aryl methyl sites for hydroxylation is 2. The van der Waals surface area contributed by atoms with E-state index in [4.69, 9.17) is 11.6 Å². The number of H-pyrrole nitrogens is 1. The molecule has 4 aromatic heterocycles. The molecule has 10 nitrogen and oxygen atoms in total. The van der Waals surface area contributed by atoms with Crippen molar-refractivity contribution in [2.45, 2.75) is 46.2 Å². The van der Waals surface area contributed by atoms with E-state index in [1.54, 1.807) is 26.2 Å². The van der Waals surface area contributed by atoms with Crippen LogP contribution in [-0.4, -0.2) is 44.5 Å². The molecule has 0 radical (unpaired) electrons. The molecule has 36 heavy (non-hydrogen) atoms. The van der Waals surface area contributed by atoms with Gasteiger partial charge in [0.25, 0.3) is 0 Å². The molecule has 184 valence electrons. The smallest absolute Gasteiger partial charge is 0.290 e. The number of halogens is 1. The number of imidazole rings is 1. The Bertz CT molecular complexity index is 1530. The van der Waals surface area contributed by atoms with Crippen molar-refractivity contribution in [3.63, 3.8) is 0 Å². The second-order valence-electron chi connectivity index (χ2n) is 8.45. The van der Waals surface area contributed by atoms with Gasteiger partial charge in [0.05, 0.1) is 18.4 Å². The number of nitrogens with zero attached hydrogens (tertiary/aromatic N) is 8. The Kier molecular flexibility index (Phi) is 6.77. The first-order valence-corrected chi connectivity index (χ1v) is 12.3. The maximum Gasteiger partial charge on any atom is 0.334 e. The lowest BCUT2D eigenvalue weighted by Gasteiger charge is -2.09. The molecule has 11 heteroatoms. The van der Waals surface area contributed by atoms with Gasteiger partial charge in [0.1, 0.15) is 5.02 Å². The molecular formula is C25H26ClN9O. The normalized spacial score (nSPS) is 11.3. The predicted molar refractivity (Wildman–Crippen MR) is 137 cm³/mol. The minimum absolute atomic E-state index is 0.162. The van der Waals surface area contributed by atoms with Crippen LogP contribution in [0, 0.1) is 0 Å². The van der Waals surface area contributed by atoms with E-state index in [9.17, 15) is 4.79 Å². The van der Waals surface area contributed by atoms with Crippen LogP contribution < -0.4 is 5.69 Å². The van der Waals surface area contributed by atoms with Crippen molar-refractivity contribution >= 4 is 11.6 Å². The summed E-state index contributed by atoms with van der Waals surface area (Å²) in [5.41, 5.74) is 4.40. The average Bonchev–Trinajstić information content (AvgIpc) is 3.64. The third-order valence-electron chi connectivity index (χ3n) is 6.08. The van der Waals surface area contributed by atoms with E-state index in [2.05, 4.69) is 37.6 Å². The van der Waals surface area contributed by atoms with Crippen LogP contribution in [0.2, 0.25) is 5.02 Å². The summed E-state index contributed by atoms with van der Waals surface area (Å²) in [4.78, 5) is 18.1. The predicted octanol–water partition coefficient (Wildman–Crippen LogP) is 4.14. The number of nitrogens with one attached hydrogen (secondary N) is 1. The average molecular weight is 504 g/mol. The summed E-state index contributed by atoms with van der Waals surface area (Å²) < 4.78 is 5.11. The summed E-state index contributed by atoms with van der Waals surface area (Å²) in [5, 5.41) is 19.0. The third kappa shape index (κ3) is 4.59. The zero-order valence-electron chi connectivity index (χ0n) is 20.1. The van der Waals surface area contributed by atoms with Gasteiger partial charge in [0.15, 0.2) is 5.82 Å². The fourth-order valence-electron chi connectivity index (χ4n) is 4.26. The summed E-state index contributed by atoms with van der Waals surface area (Å²) in [6.45, 7) is 5.06. The SMILES string of the molecule is CCCCc1cn(-c2c(Cl)cnn2CC)c(=O)n1Cc1cc(-c2cccc(-c3nn[nH]n3)c2)ccn1. The highest BCUT2D eigenvalue weighted by Gasteiger charge is 2.19. The molecule has 0 spiro atoms. The van der Waals surface area contributed by atoms with Gasteiger partial charge in [0.2, 0.25) is 5.82 Å². The molecule has 0 saturated heterocycles. The lowest BCUT2D eigenvalue weighted by atomic mass is 10.0. The van der Waals surface area contributed by atoms with E-state index in [-0.39, 0.29) is 5.69 Å². The minimum atomic E-state index is -0.162. The van der Waals surface area contributed by atoms with Crippen LogP contribution in [-0.2, 0) is 19.5 Å². The van der Waals surface area contributed by atoms with Gasteiger partial charge in [0, 0.05) is 30.2 Å². The molecule has 1 aromatic carbocycles. The fourth-order valence-corrected chi connectivity index (χ4v) is 4.49. The summed E-state index contributed by atoms with van der Waals surface area (Å²) in [5.74, 6) is 1.12. The van der Waals surface area contributed by atoms with E-state index in [1.165, 1.54) is 0 Å². The second kappa shape index (κ2) is 10.3. The largest absolute Gasteiger partial charge is 0.334 e. The van der Waals surface area contributed by atoms with Crippen LogP contribution >= 0.6 is 11.6 Å². The Hall–Kier alpha value is -4.05. The number of rotatable bonds is 9. The maximum absolute atomic E-state index is 13.6. The van der Waals surface area contributed by atoms with E-state index in [0.29, 0.717) is 29.8 Å². The Morgan fingerprint density at radius 3 is 2.69 bits per heavy atom. The number of hydrogen-bond donors (Lipinski definition) is 1. The van der Waals surface area contributed by atoms with Crippen molar-refractivity contribution in [3.8, 4) is 28.3 Å². The standard InChI is InChI=1S/C25H26ClN9O/c1-3-5-9-21-16-34(24-22(26)14-28-35(24)4-2)25(36)33(21)15-20-13-18(10-11-27-20)17-7-6-8-19(12-17)23-29-31-32-30-23/h6-8,10-14,16H,3-5,9,15H2,1-2H3,(H,29,30,31,32). The number of aromatic nitrogens is 9. The van der Waals surface area contributed by atoms with Crippen LogP contribution in [0.4, 0.5) is 0 Å². The first kappa shape index (κ1) is 23.7. The molecule has 0 aliphatic rings. The maximum atomic E-state index is 13.6. The second-order valence-corrected chi connectivity index (χ2v) is 8.85. The molecule has 1 N–H and O–H groups in total. The van der Waals surface area contributed by atoms with Crippen LogP contribution in [0.5, 0.6) is 0 Å². The van der Waals surface area contributed by atoms with Crippen LogP contribution in [0.15, 0.2) is 59.8 Å². The highest BCUT2D eigenvalue weighted by Crippen LogP contribution is 2.25. The number of tetrazole rings is 1. The number of pyridine rings is 1. The topological polar surface area (TPSA) is 112 Å². The number of benzene rings is 1. The number of unbranched alkanes of at least 4 members (excludes halogenated alkanes) is 1. The molecule has 4 heterocycles. The van der Waals surface area contributed by atoms with Crippen molar-refractivity contribution in [1.82, 2.24) is 44.5 Å². The molecule has 0 aliphatic heterocycles. The zero-order valence-corrected chi connectivity index (χ0v) is 20.9. The summed E-state index contributed by atoms with van der Waals surface area (Å²) in [6, 6.07) is 11.9. The number of hydrogen-bond acceptors (Lipinski definition) is 6. The first-order valence-electron chi connectivity index (χ1n) is 11.9. The Balaban J connectivity index is 1.51. The van der Waals surface area contributed by atoms with Gasteiger partial charge in [-0.1, -0.05) is 43.1 Å². The van der Waals surface area contributed by atoms with Crippen LogP contribution in [0.25, 0.3) is 28.3 Å². The van der Waals surface area contributed by atoms with Gasteiger partial charge < -0.3 is 0 Å². The van der Waals surface area contributed by atoms with Crippen molar-refractivity contribution in [3.05, 3.63) is 81.9 Å². The monoisotopic (exact) mass is 503 g/mol. The van der Waals surface area contributed by atoms with Crippen LogP contribution in [0.3, 0.4) is 0 Å². The Labute approximate surface area is 212 Å². The molecule has 0 fully saturated rings. The first-order chi connectivity index (χ1) is 17.6. The van der Waals surface area contributed by atoms with Gasteiger partial charge in [-0.15, -0.1) is 10.2 Å². The van der Waals surface area contributed by atoms with Gasteiger partial charge >= 0.3 is 5.69 Å². The molecule has 0 amide bonds. The van der Waals surface area contributed by atoms with Gasteiger partial charge in [-0.25, -0.2) is 9.48 Å². The molecule has 0 saturated carbocycles. The third-order valence-corrected chi connectivity index (χ3v) is 6.35. The molecule has 0 bridgehead atoms. The molecule has 0 aliphatic carbocycles. The highest BCUT2D eigenvalue weighted by atomic mass is 35.5. The van der Waals surface area contributed by atoms with Crippen LogP contribution in [0.1, 0.15) is 38.1 Å². The molecule has 0 unspecified atom stereocenters. The number of aromatic amines is 1. The molecule has 5 aromatic rings. The van der Waals surface area contributed by atoms with Gasteiger partial charge in [-0.05, 0) is 54.3 Å². The molecular weight excluding hydrogens is 478 g/mol. The van der Waals surface area contributed by atoms with E-state index in [0.717, 1.165) is 47.3 Å². The highest BCUT2D eigenvalue weighted by molar-refractivity contribution is 6.32. The lowest BCUT2D eigenvalue weighted by molar-refractivity contribution is 0.623. The minimum Gasteiger partial charge on any atom is -0.290 e. The van der Waals surface area contributed by atoms with Crippen molar-refractivity contribution in [2.75, 3.05) is 0 Å². The Morgan fingerprint density at radius 2 is 1.92 bits per heavy atom. The van der Waals surface area contributed by atoms with E-state index < -0.39 is 0 Å². The van der Waals surface area contributed by atoms with Crippen molar-refractivity contribution in [2.24, 2.45) is 0 Å². The summed E-state index contributed by atoms with van der Waals surface area (Å²) >= 11 is 6.42. The van der Waals surface area contributed by atoms with Crippen molar-refractivity contribution in [1.29, 1.82) is 0 Å². The molecule has 0 atom stereocenters. The van der Waals surface area contributed by atoms with Gasteiger partial charge in [-0.3, -0.25) is 14.1 Å². The van der Waals surface area contributed by atoms with E-state index in [1.807, 2.05) is 49.5 Å².